The van der Waals surface area contributed by atoms with Gasteiger partial charge in [-0.2, -0.15) is 0 Å². The highest BCUT2D eigenvalue weighted by atomic mass is 19.1. The lowest BCUT2D eigenvalue weighted by molar-refractivity contribution is 0.150. The monoisotopic (exact) mass is 332 g/mol. The fraction of sp³-hybridized carbons (Fsp3) is 0.826. The molecule has 0 saturated heterocycles. The molecule has 24 heavy (non-hydrogen) atoms. The van der Waals surface area contributed by atoms with Crippen LogP contribution in [0, 0.1) is 23.7 Å². The Morgan fingerprint density at radius 3 is 2.17 bits per heavy atom. The maximum atomic E-state index is 13.2. The van der Waals surface area contributed by atoms with E-state index in [9.17, 15) is 4.39 Å². The molecule has 3 aliphatic rings. The van der Waals surface area contributed by atoms with Gasteiger partial charge in [0.25, 0.3) is 0 Å². The van der Waals surface area contributed by atoms with E-state index in [1.807, 2.05) is 0 Å². The van der Waals surface area contributed by atoms with Gasteiger partial charge in [0.15, 0.2) is 0 Å². The van der Waals surface area contributed by atoms with Gasteiger partial charge in [0.05, 0.1) is 0 Å². The van der Waals surface area contributed by atoms with Crippen LogP contribution in [-0.4, -0.2) is 6.17 Å². The van der Waals surface area contributed by atoms with Gasteiger partial charge in [-0.25, -0.2) is 4.39 Å². The van der Waals surface area contributed by atoms with Crippen LogP contribution in [0.3, 0.4) is 0 Å². The number of halogens is 1. The van der Waals surface area contributed by atoms with Gasteiger partial charge in [-0.05, 0) is 67.8 Å². The summed E-state index contributed by atoms with van der Waals surface area (Å²) in [5, 5.41) is 0. The smallest absolute Gasteiger partial charge is 0.122 e. The SMILES string of the molecule is CCCCCC1CCC(C2CCC(C3=CCC(F)C=C3)CC2)CC1. The van der Waals surface area contributed by atoms with Crippen molar-refractivity contribution in [3.05, 3.63) is 23.8 Å². The molecular formula is C23H37F. The molecule has 1 atom stereocenters. The van der Waals surface area contributed by atoms with E-state index in [1.165, 1.54) is 82.6 Å². The van der Waals surface area contributed by atoms with E-state index in [1.54, 1.807) is 6.08 Å². The predicted molar refractivity (Wildman–Crippen MR) is 102 cm³/mol. The van der Waals surface area contributed by atoms with Crippen molar-refractivity contribution < 1.29 is 4.39 Å². The minimum atomic E-state index is -0.738. The Balaban J connectivity index is 1.38. The molecule has 0 radical (unpaired) electrons. The number of alkyl halides is 1. The normalized spacial score (nSPS) is 37.2. The highest BCUT2D eigenvalue weighted by molar-refractivity contribution is 5.27. The Bertz CT molecular complexity index is 419. The second-order valence-electron chi connectivity index (χ2n) is 8.70. The van der Waals surface area contributed by atoms with Gasteiger partial charge in [0, 0.05) is 6.42 Å². The average molecular weight is 333 g/mol. The summed E-state index contributed by atoms with van der Waals surface area (Å²) in [5.74, 6) is 3.75. The van der Waals surface area contributed by atoms with E-state index >= 15 is 0 Å². The van der Waals surface area contributed by atoms with Crippen LogP contribution < -0.4 is 0 Å². The minimum Gasteiger partial charge on any atom is -0.243 e. The molecule has 3 rings (SSSR count). The molecule has 0 amide bonds. The molecule has 0 aromatic carbocycles. The van der Waals surface area contributed by atoms with Gasteiger partial charge in [0.1, 0.15) is 6.17 Å². The Morgan fingerprint density at radius 2 is 1.58 bits per heavy atom. The lowest BCUT2D eigenvalue weighted by Gasteiger charge is -2.38. The van der Waals surface area contributed by atoms with Gasteiger partial charge in [-0.15, -0.1) is 0 Å². The highest BCUT2D eigenvalue weighted by Crippen LogP contribution is 2.44. The summed E-state index contributed by atoms with van der Waals surface area (Å²) in [6, 6.07) is 0. The summed E-state index contributed by atoms with van der Waals surface area (Å²) in [4.78, 5) is 0. The van der Waals surface area contributed by atoms with Gasteiger partial charge in [0.2, 0.25) is 0 Å². The third-order valence-electron chi connectivity index (χ3n) is 7.09. The molecular weight excluding hydrogens is 295 g/mol. The van der Waals surface area contributed by atoms with Crippen molar-refractivity contribution in [3.8, 4) is 0 Å². The second-order valence-corrected chi connectivity index (χ2v) is 8.70. The average Bonchev–Trinajstić information content (AvgIpc) is 2.63. The zero-order valence-corrected chi connectivity index (χ0v) is 15.7. The zero-order valence-electron chi connectivity index (χ0n) is 15.7. The van der Waals surface area contributed by atoms with E-state index in [4.69, 9.17) is 0 Å². The summed E-state index contributed by atoms with van der Waals surface area (Å²) in [5.41, 5.74) is 1.43. The third kappa shape index (κ3) is 4.96. The minimum absolute atomic E-state index is 0.605. The van der Waals surface area contributed by atoms with Crippen molar-refractivity contribution in [1.82, 2.24) is 0 Å². The molecule has 0 bridgehead atoms. The molecule has 0 heterocycles. The first-order chi connectivity index (χ1) is 11.8. The van der Waals surface area contributed by atoms with Gasteiger partial charge in [-0.1, -0.05) is 63.7 Å². The van der Waals surface area contributed by atoms with Crippen LogP contribution in [0.1, 0.15) is 90.4 Å². The molecule has 0 nitrogen and oxygen atoms in total. The van der Waals surface area contributed by atoms with Crippen molar-refractivity contribution >= 4 is 0 Å². The third-order valence-corrected chi connectivity index (χ3v) is 7.09. The topological polar surface area (TPSA) is 0 Å². The van der Waals surface area contributed by atoms with Crippen LogP contribution in [0.15, 0.2) is 23.8 Å². The molecule has 0 aromatic rings. The fourth-order valence-corrected chi connectivity index (χ4v) is 5.47. The summed E-state index contributed by atoms with van der Waals surface area (Å²) in [6.45, 7) is 2.31. The van der Waals surface area contributed by atoms with Crippen molar-refractivity contribution in [1.29, 1.82) is 0 Å². The summed E-state index contributed by atoms with van der Waals surface area (Å²) in [7, 11) is 0. The maximum absolute atomic E-state index is 13.2. The Morgan fingerprint density at radius 1 is 0.917 bits per heavy atom. The molecule has 3 aliphatic carbocycles. The van der Waals surface area contributed by atoms with E-state index in [0.29, 0.717) is 6.42 Å². The standard InChI is InChI=1S/C23H37F/c1-2-3-4-5-18-6-8-19(9-7-18)20-10-12-21(13-11-20)22-14-16-23(24)17-15-22/h14-16,18-21,23H,2-13,17H2,1H3. The summed E-state index contributed by atoms with van der Waals surface area (Å²) < 4.78 is 13.2. The number of hydrogen-bond acceptors (Lipinski definition) is 0. The molecule has 2 saturated carbocycles. The lowest BCUT2D eigenvalue weighted by atomic mass is 9.67. The molecule has 1 unspecified atom stereocenters. The first-order valence-corrected chi connectivity index (χ1v) is 10.8. The van der Waals surface area contributed by atoms with Gasteiger partial charge in [-0.3, -0.25) is 0 Å². The van der Waals surface area contributed by atoms with Crippen molar-refractivity contribution in [2.24, 2.45) is 23.7 Å². The highest BCUT2D eigenvalue weighted by Gasteiger charge is 2.31. The van der Waals surface area contributed by atoms with Crippen LogP contribution in [-0.2, 0) is 0 Å². The van der Waals surface area contributed by atoms with E-state index in [0.717, 1.165) is 23.7 Å². The Kier molecular flexibility index (Phi) is 6.98. The zero-order chi connectivity index (χ0) is 16.8. The van der Waals surface area contributed by atoms with Gasteiger partial charge >= 0.3 is 0 Å². The molecule has 0 N–H and O–H groups in total. The largest absolute Gasteiger partial charge is 0.243 e. The van der Waals surface area contributed by atoms with Crippen molar-refractivity contribution in [2.75, 3.05) is 0 Å². The maximum Gasteiger partial charge on any atom is 0.122 e. The number of unbranched alkanes of at least 4 members (excludes halogenated alkanes) is 2. The number of allylic oxidation sites excluding steroid dienone is 4. The van der Waals surface area contributed by atoms with Crippen molar-refractivity contribution in [2.45, 2.75) is 96.6 Å². The van der Waals surface area contributed by atoms with Crippen LogP contribution in [0.4, 0.5) is 4.39 Å². The molecule has 0 aromatic heterocycles. The predicted octanol–water partition coefficient (Wildman–Crippen LogP) is 7.40. The molecule has 1 heteroatoms. The number of rotatable bonds is 6. The van der Waals surface area contributed by atoms with Crippen LogP contribution >= 0.6 is 0 Å². The lowest BCUT2D eigenvalue weighted by Crippen LogP contribution is -2.26. The number of hydrogen-bond donors (Lipinski definition) is 0. The van der Waals surface area contributed by atoms with Gasteiger partial charge < -0.3 is 0 Å². The molecule has 2 fully saturated rings. The van der Waals surface area contributed by atoms with Crippen LogP contribution in [0.25, 0.3) is 0 Å². The molecule has 136 valence electrons. The van der Waals surface area contributed by atoms with E-state index < -0.39 is 6.17 Å². The van der Waals surface area contributed by atoms with Crippen molar-refractivity contribution in [3.63, 3.8) is 0 Å². The Labute approximate surface area is 149 Å². The first kappa shape index (κ1) is 18.2. The van der Waals surface area contributed by atoms with E-state index in [-0.39, 0.29) is 0 Å². The summed E-state index contributed by atoms with van der Waals surface area (Å²) in [6.07, 6.45) is 23.1. The first-order valence-electron chi connectivity index (χ1n) is 10.8. The van der Waals surface area contributed by atoms with Crippen LogP contribution in [0.5, 0.6) is 0 Å². The van der Waals surface area contributed by atoms with Crippen LogP contribution in [0.2, 0.25) is 0 Å². The fourth-order valence-electron chi connectivity index (χ4n) is 5.47. The summed E-state index contributed by atoms with van der Waals surface area (Å²) >= 11 is 0. The van der Waals surface area contributed by atoms with E-state index in [2.05, 4.69) is 19.1 Å². The molecule has 0 aliphatic heterocycles. The quantitative estimate of drug-likeness (QED) is 0.444. The molecule has 0 spiro atoms. The second kappa shape index (κ2) is 9.20. The Hall–Kier alpha value is -0.590.